The van der Waals surface area contributed by atoms with E-state index in [-0.39, 0.29) is 24.7 Å². The molecule has 21 heavy (non-hydrogen) atoms. The Balaban J connectivity index is 2.36. The van der Waals surface area contributed by atoms with Crippen molar-refractivity contribution in [3.05, 3.63) is 29.8 Å². The van der Waals surface area contributed by atoms with Crippen LogP contribution in [0.15, 0.2) is 24.3 Å². The van der Waals surface area contributed by atoms with Crippen molar-refractivity contribution in [2.24, 2.45) is 0 Å². The summed E-state index contributed by atoms with van der Waals surface area (Å²) < 4.78 is 40.4. The highest BCUT2D eigenvalue weighted by molar-refractivity contribution is 7.91. The van der Waals surface area contributed by atoms with Crippen LogP contribution in [0.4, 0.5) is 0 Å². The number of sulfone groups is 1. The molecule has 1 N–H and O–H groups in total. The van der Waals surface area contributed by atoms with E-state index < -0.39 is 21.7 Å². The van der Waals surface area contributed by atoms with Crippen molar-refractivity contribution >= 4 is 9.84 Å². The van der Waals surface area contributed by atoms with E-state index >= 15 is 0 Å². The van der Waals surface area contributed by atoms with Crippen LogP contribution in [0, 0.1) is 0 Å². The van der Waals surface area contributed by atoms with Gasteiger partial charge in [0.2, 0.25) is 5.79 Å². The van der Waals surface area contributed by atoms with Crippen LogP contribution >= 0.6 is 0 Å². The lowest BCUT2D eigenvalue weighted by atomic mass is 10.1. The maximum Gasteiger partial charge on any atom is 0.209 e. The third-order valence-electron chi connectivity index (χ3n) is 3.44. The van der Waals surface area contributed by atoms with Crippen molar-refractivity contribution in [3.8, 4) is 5.75 Å². The smallest absolute Gasteiger partial charge is 0.209 e. The first kappa shape index (κ1) is 16.2. The lowest BCUT2D eigenvalue weighted by Crippen LogP contribution is -2.37. The van der Waals surface area contributed by atoms with Crippen LogP contribution in [-0.2, 0) is 25.1 Å². The fraction of sp³-hybridized carbons (Fsp3) is 0.571. The number of ether oxygens (including phenoxy) is 3. The summed E-state index contributed by atoms with van der Waals surface area (Å²) in [6.07, 6.45) is -0.529. The van der Waals surface area contributed by atoms with Gasteiger partial charge in [-0.15, -0.1) is 0 Å². The third kappa shape index (κ3) is 3.55. The number of benzene rings is 1. The van der Waals surface area contributed by atoms with Gasteiger partial charge in [0.05, 0.1) is 20.3 Å². The van der Waals surface area contributed by atoms with Gasteiger partial charge in [0, 0.05) is 11.3 Å². The number of aliphatic hydroxyl groups excluding tert-OH is 1. The molecular weight excluding hydrogens is 296 g/mol. The zero-order valence-corrected chi connectivity index (χ0v) is 12.9. The summed E-state index contributed by atoms with van der Waals surface area (Å²) in [5.41, 5.74) is 0.594. The minimum Gasteiger partial charge on any atom is -0.497 e. The molecular formula is C14H20O6S. The van der Waals surface area contributed by atoms with Crippen LogP contribution in [0.1, 0.15) is 12.5 Å². The van der Waals surface area contributed by atoms with Gasteiger partial charge in [-0.3, -0.25) is 0 Å². The molecule has 6 nitrogen and oxygen atoms in total. The van der Waals surface area contributed by atoms with Crippen molar-refractivity contribution in [3.63, 3.8) is 0 Å². The molecule has 1 fully saturated rings. The van der Waals surface area contributed by atoms with Gasteiger partial charge in [0.25, 0.3) is 0 Å². The van der Waals surface area contributed by atoms with E-state index in [2.05, 4.69) is 0 Å². The van der Waals surface area contributed by atoms with E-state index in [1.807, 2.05) is 0 Å². The van der Waals surface area contributed by atoms with Crippen molar-refractivity contribution < 1.29 is 27.7 Å². The lowest BCUT2D eigenvalue weighted by Gasteiger charge is -2.28. The molecule has 0 bridgehead atoms. The summed E-state index contributed by atoms with van der Waals surface area (Å²) in [5.74, 6) is -0.987. The van der Waals surface area contributed by atoms with Gasteiger partial charge < -0.3 is 19.3 Å². The average Bonchev–Trinajstić information content (AvgIpc) is 2.91. The first-order valence-electron chi connectivity index (χ1n) is 6.72. The molecule has 0 saturated carbocycles. The van der Waals surface area contributed by atoms with Gasteiger partial charge in [-0.2, -0.15) is 0 Å². The standard InChI is InChI=1S/C14H20O6S/c1-3-21(16,17)10-14(19-9-13(8-15)20-14)11-4-6-12(18-2)7-5-11/h4-7,13,15H,3,8-10H2,1-2H3. The van der Waals surface area contributed by atoms with Gasteiger partial charge >= 0.3 is 0 Å². The van der Waals surface area contributed by atoms with E-state index in [0.29, 0.717) is 11.3 Å². The topological polar surface area (TPSA) is 82.1 Å². The molecule has 2 atom stereocenters. The molecule has 1 heterocycles. The minimum atomic E-state index is -3.32. The van der Waals surface area contributed by atoms with Crippen molar-refractivity contribution in [1.29, 1.82) is 0 Å². The van der Waals surface area contributed by atoms with Crippen LogP contribution < -0.4 is 4.74 Å². The predicted octanol–water partition coefficient (Wildman–Crippen LogP) is 0.690. The normalized spacial score (nSPS) is 26.0. The van der Waals surface area contributed by atoms with Gasteiger partial charge in [0.15, 0.2) is 9.84 Å². The van der Waals surface area contributed by atoms with E-state index in [4.69, 9.17) is 14.2 Å². The third-order valence-corrected chi connectivity index (χ3v) is 5.14. The molecule has 2 rings (SSSR count). The fourth-order valence-corrected chi connectivity index (χ4v) is 3.30. The molecule has 1 aliphatic heterocycles. The highest BCUT2D eigenvalue weighted by Crippen LogP contribution is 2.36. The molecule has 0 aliphatic carbocycles. The number of aliphatic hydroxyl groups is 1. The molecule has 0 spiro atoms. The average molecular weight is 316 g/mol. The summed E-state index contributed by atoms with van der Waals surface area (Å²) in [6, 6.07) is 6.86. The Morgan fingerprint density at radius 3 is 2.52 bits per heavy atom. The predicted molar refractivity (Wildman–Crippen MR) is 76.9 cm³/mol. The molecule has 118 valence electrons. The van der Waals surface area contributed by atoms with Crippen LogP contribution in [0.2, 0.25) is 0 Å². The minimum absolute atomic E-state index is 0.00141. The van der Waals surface area contributed by atoms with Crippen LogP contribution in [0.3, 0.4) is 0 Å². The quantitative estimate of drug-likeness (QED) is 0.831. The number of hydrogen-bond donors (Lipinski definition) is 1. The highest BCUT2D eigenvalue weighted by atomic mass is 32.2. The Morgan fingerprint density at radius 1 is 1.38 bits per heavy atom. The van der Waals surface area contributed by atoms with Crippen LogP contribution in [-0.4, -0.2) is 51.5 Å². The van der Waals surface area contributed by atoms with E-state index in [1.54, 1.807) is 38.3 Å². The Morgan fingerprint density at radius 2 is 2.05 bits per heavy atom. The molecule has 7 heteroatoms. The Kier molecular flexibility index (Phi) is 4.88. The Hall–Kier alpha value is -1.15. The Bertz CT molecular complexity index is 568. The summed E-state index contributed by atoms with van der Waals surface area (Å²) in [5, 5.41) is 9.21. The molecule has 1 aromatic carbocycles. The molecule has 1 saturated heterocycles. The summed E-state index contributed by atoms with van der Waals surface area (Å²) in [6.45, 7) is 1.52. The maximum absolute atomic E-state index is 12.0. The Labute approximate surface area is 124 Å². The van der Waals surface area contributed by atoms with Gasteiger partial charge in [-0.05, 0) is 24.3 Å². The molecule has 0 aromatic heterocycles. The van der Waals surface area contributed by atoms with Gasteiger partial charge in [-0.25, -0.2) is 8.42 Å². The van der Waals surface area contributed by atoms with Gasteiger partial charge in [-0.1, -0.05) is 6.92 Å². The first-order valence-corrected chi connectivity index (χ1v) is 8.54. The number of methoxy groups -OCH3 is 1. The van der Waals surface area contributed by atoms with Crippen molar-refractivity contribution in [1.82, 2.24) is 0 Å². The van der Waals surface area contributed by atoms with E-state index in [0.717, 1.165) is 0 Å². The van der Waals surface area contributed by atoms with Crippen LogP contribution in [0.25, 0.3) is 0 Å². The van der Waals surface area contributed by atoms with Crippen molar-refractivity contribution in [2.75, 3.05) is 31.8 Å². The summed E-state index contributed by atoms with van der Waals surface area (Å²) in [4.78, 5) is 0. The van der Waals surface area contributed by atoms with E-state index in [1.165, 1.54) is 0 Å². The number of rotatable bonds is 6. The fourth-order valence-electron chi connectivity index (χ4n) is 2.20. The summed E-state index contributed by atoms with van der Waals surface area (Å²) >= 11 is 0. The molecule has 1 aromatic rings. The largest absolute Gasteiger partial charge is 0.497 e. The van der Waals surface area contributed by atoms with E-state index in [9.17, 15) is 13.5 Å². The zero-order chi connectivity index (χ0) is 15.5. The second-order valence-corrected chi connectivity index (χ2v) is 7.24. The molecule has 2 unspecified atom stereocenters. The van der Waals surface area contributed by atoms with Crippen molar-refractivity contribution in [2.45, 2.75) is 18.8 Å². The van der Waals surface area contributed by atoms with Gasteiger partial charge in [0.1, 0.15) is 17.6 Å². The second-order valence-electron chi connectivity index (χ2n) is 4.89. The highest BCUT2D eigenvalue weighted by Gasteiger charge is 2.46. The SMILES string of the molecule is CCS(=O)(=O)CC1(c2ccc(OC)cc2)OCC(CO)O1. The first-order chi connectivity index (χ1) is 9.94. The number of hydrogen-bond acceptors (Lipinski definition) is 6. The van der Waals surface area contributed by atoms with Crippen LogP contribution in [0.5, 0.6) is 5.75 Å². The molecule has 1 aliphatic rings. The second kappa shape index (κ2) is 6.31. The lowest BCUT2D eigenvalue weighted by molar-refractivity contribution is -0.162. The monoisotopic (exact) mass is 316 g/mol. The zero-order valence-electron chi connectivity index (χ0n) is 12.1. The maximum atomic E-state index is 12.0. The summed E-state index contributed by atoms with van der Waals surface area (Å²) in [7, 11) is -1.77. The molecule has 0 amide bonds. The molecule has 0 radical (unpaired) electrons.